The third-order valence-corrected chi connectivity index (χ3v) is 9.29. The van der Waals surface area contributed by atoms with E-state index in [1.807, 2.05) is 13.8 Å². The maximum atomic E-state index is 10.2. The summed E-state index contributed by atoms with van der Waals surface area (Å²) in [4.78, 5) is 2.69. The van der Waals surface area contributed by atoms with Crippen LogP contribution in [-0.4, -0.2) is 83.1 Å². The second kappa shape index (κ2) is 16.2. The van der Waals surface area contributed by atoms with Gasteiger partial charge < -0.3 is 29.9 Å². The molecule has 3 fully saturated rings. The molecule has 3 aliphatic heterocycles. The normalized spacial score (nSPS) is 24.3. The topological polar surface area (TPSA) is 103 Å². The highest BCUT2D eigenvalue weighted by molar-refractivity contribution is 5.52. The van der Waals surface area contributed by atoms with Gasteiger partial charge in [-0.2, -0.15) is 0 Å². The van der Waals surface area contributed by atoms with Crippen LogP contribution in [-0.2, 0) is 11.2 Å². The lowest BCUT2D eigenvalue weighted by molar-refractivity contribution is -0.186. The van der Waals surface area contributed by atoms with Crippen molar-refractivity contribution in [1.29, 1.82) is 0 Å². The molecule has 1 aromatic carbocycles. The molecule has 3 aliphatic rings. The van der Waals surface area contributed by atoms with Crippen molar-refractivity contribution in [1.82, 2.24) is 20.4 Å². The standard InChI is InChI=1S/C33H50N4O4.C2H6/c1-23(2)31-29(32(36-35-31)41-30-20-27(39)19-28(21-38)40-30)18-26-9-8-25(17-24(26)3)7-4-5-15-37-16-6-10-33(22-37)11-13-34-14-12-33;1-2/h4,7-9,17,23,27-28,30,34,38-39H,5-6,10-16,18-22H2,1-3H3,(H,35,36);1-2H3/b7-4+;. The number of aryl methyl sites for hydroxylation is 1. The molecule has 0 amide bonds. The number of hydrogen-bond donors (Lipinski definition) is 4. The molecule has 3 unspecified atom stereocenters. The largest absolute Gasteiger partial charge is 0.446 e. The molecule has 5 rings (SSSR count). The summed E-state index contributed by atoms with van der Waals surface area (Å²) >= 11 is 0. The molecule has 4 heterocycles. The first-order valence-corrected chi connectivity index (χ1v) is 16.7. The summed E-state index contributed by atoms with van der Waals surface area (Å²) in [7, 11) is 0. The Morgan fingerprint density at radius 2 is 1.98 bits per heavy atom. The smallest absolute Gasteiger partial charge is 0.238 e. The van der Waals surface area contributed by atoms with Gasteiger partial charge in [-0.3, -0.25) is 5.10 Å². The average molecular weight is 597 g/mol. The van der Waals surface area contributed by atoms with E-state index in [0.29, 0.717) is 30.6 Å². The number of nitrogens with one attached hydrogen (secondary N) is 2. The van der Waals surface area contributed by atoms with E-state index in [1.54, 1.807) is 0 Å². The van der Waals surface area contributed by atoms with Gasteiger partial charge in [0.05, 0.1) is 18.8 Å². The van der Waals surface area contributed by atoms with Gasteiger partial charge in [-0.05, 0) is 86.7 Å². The van der Waals surface area contributed by atoms with Gasteiger partial charge in [-0.25, -0.2) is 0 Å². The minimum absolute atomic E-state index is 0.140. The maximum Gasteiger partial charge on any atom is 0.238 e. The van der Waals surface area contributed by atoms with Gasteiger partial charge in [-0.1, -0.05) is 58.0 Å². The van der Waals surface area contributed by atoms with Gasteiger partial charge in [-0.15, -0.1) is 5.10 Å². The summed E-state index contributed by atoms with van der Waals surface area (Å²) < 4.78 is 12.0. The lowest BCUT2D eigenvalue weighted by atomic mass is 9.73. The molecule has 240 valence electrons. The first-order valence-electron chi connectivity index (χ1n) is 16.7. The Bertz CT molecular complexity index is 1150. The number of aliphatic hydroxyl groups is 2. The molecule has 1 aromatic heterocycles. The number of likely N-dealkylation sites (tertiary alicyclic amines) is 1. The van der Waals surface area contributed by atoms with Crippen LogP contribution in [0.5, 0.6) is 5.88 Å². The van der Waals surface area contributed by atoms with E-state index in [2.05, 4.69) is 71.5 Å². The summed E-state index contributed by atoms with van der Waals surface area (Å²) in [5.41, 5.74) is 6.32. The molecule has 1 spiro atoms. The Labute approximate surface area is 259 Å². The fourth-order valence-electron chi connectivity index (χ4n) is 6.93. The van der Waals surface area contributed by atoms with E-state index in [-0.39, 0.29) is 12.5 Å². The number of hydrogen-bond acceptors (Lipinski definition) is 7. The Kier molecular flexibility index (Phi) is 12.7. The molecule has 0 aliphatic carbocycles. The van der Waals surface area contributed by atoms with Gasteiger partial charge in [0, 0.05) is 43.6 Å². The predicted octanol–water partition coefficient (Wildman–Crippen LogP) is 5.56. The fraction of sp³-hybridized carbons (Fsp3) is 0.686. The minimum atomic E-state index is -0.637. The van der Waals surface area contributed by atoms with Crippen molar-refractivity contribution < 1.29 is 19.7 Å². The lowest BCUT2D eigenvalue weighted by Crippen LogP contribution is -2.48. The molecule has 0 bridgehead atoms. The van der Waals surface area contributed by atoms with Crippen LogP contribution >= 0.6 is 0 Å². The van der Waals surface area contributed by atoms with Crippen molar-refractivity contribution in [2.75, 3.05) is 39.3 Å². The summed E-state index contributed by atoms with van der Waals surface area (Å²) in [6, 6.07) is 6.68. The first-order chi connectivity index (χ1) is 20.8. The molecular formula is C35H56N4O4. The first kappa shape index (κ1) is 33.7. The maximum absolute atomic E-state index is 10.2. The number of aromatic nitrogens is 2. The minimum Gasteiger partial charge on any atom is -0.446 e. The van der Waals surface area contributed by atoms with Crippen molar-refractivity contribution in [2.24, 2.45) is 5.41 Å². The number of benzene rings is 1. The third-order valence-electron chi connectivity index (χ3n) is 9.29. The van der Waals surface area contributed by atoms with Crippen LogP contribution in [0.4, 0.5) is 0 Å². The summed E-state index contributed by atoms with van der Waals surface area (Å²) in [5, 5.41) is 30.9. The highest BCUT2D eigenvalue weighted by atomic mass is 16.7. The van der Waals surface area contributed by atoms with E-state index >= 15 is 0 Å². The number of aliphatic hydroxyl groups excluding tert-OH is 2. The number of ether oxygens (including phenoxy) is 2. The van der Waals surface area contributed by atoms with E-state index in [0.717, 1.165) is 24.2 Å². The molecule has 0 saturated carbocycles. The van der Waals surface area contributed by atoms with E-state index < -0.39 is 18.5 Å². The Morgan fingerprint density at radius 3 is 2.70 bits per heavy atom. The molecule has 8 nitrogen and oxygen atoms in total. The van der Waals surface area contributed by atoms with Gasteiger partial charge in [0.2, 0.25) is 12.2 Å². The Morgan fingerprint density at radius 1 is 1.19 bits per heavy atom. The van der Waals surface area contributed by atoms with Gasteiger partial charge in [0.1, 0.15) is 0 Å². The summed E-state index contributed by atoms with van der Waals surface area (Å²) in [6.07, 6.45) is 10.9. The summed E-state index contributed by atoms with van der Waals surface area (Å²) in [6.45, 7) is 16.3. The van der Waals surface area contributed by atoms with E-state index in [4.69, 9.17) is 9.47 Å². The van der Waals surface area contributed by atoms with Gasteiger partial charge >= 0.3 is 0 Å². The van der Waals surface area contributed by atoms with Crippen molar-refractivity contribution >= 4 is 6.08 Å². The van der Waals surface area contributed by atoms with Crippen molar-refractivity contribution in [2.45, 2.75) is 110 Å². The van der Waals surface area contributed by atoms with E-state index in [9.17, 15) is 10.2 Å². The Balaban J connectivity index is 0.00000207. The highest BCUT2D eigenvalue weighted by Gasteiger charge is 2.36. The molecular weight excluding hydrogens is 540 g/mol. The molecule has 4 N–H and O–H groups in total. The molecule has 0 radical (unpaired) electrons. The SMILES string of the molecule is CC.Cc1cc(/C=C/CCN2CCCC3(CCNCC3)C2)ccc1Cc1c(OC2CC(O)CC(CO)O2)n[nH]c1C(C)C. The second-order valence-electron chi connectivity index (χ2n) is 12.9. The van der Waals surface area contributed by atoms with Crippen molar-refractivity contribution in [3.63, 3.8) is 0 Å². The summed E-state index contributed by atoms with van der Waals surface area (Å²) in [5.74, 6) is 0.766. The molecule has 3 atom stereocenters. The Hall–Kier alpha value is -2.23. The van der Waals surface area contributed by atoms with Crippen LogP contribution in [0.25, 0.3) is 6.08 Å². The highest BCUT2D eigenvalue weighted by Crippen LogP contribution is 2.38. The average Bonchev–Trinajstić information content (AvgIpc) is 3.39. The third kappa shape index (κ3) is 9.14. The van der Waals surface area contributed by atoms with Crippen molar-refractivity contribution in [3.8, 4) is 5.88 Å². The number of piperidine rings is 2. The van der Waals surface area contributed by atoms with Gasteiger partial charge in [0.15, 0.2) is 0 Å². The number of nitrogens with zero attached hydrogens (tertiary/aromatic N) is 2. The zero-order valence-corrected chi connectivity index (χ0v) is 27.2. The van der Waals surface area contributed by atoms with Crippen LogP contribution < -0.4 is 10.1 Å². The molecule has 8 heteroatoms. The van der Waals surface area contributed by atoms with E-state index in [1.165, 1.54) is 68.6 Å². The zero-order valence-electron chi connectivity index (χ0n) is 27.2. The number of rotatable bonds is 10. The monoisotopic (exact) mass is 596 g/mol. The number of H-pyrrole nitrogens is 1. The second-order valence-corrected chi connectivity index (χ2v) is 12.9. The van der Waals surface area contributed by atoms with Crippen LogP contribution in [0.3, 0.4) is 0 Å². The fourth-order valence-corrected chi connectivity index (χ4v) is 6.93. The van der Waals surface area contributed by atoms with Crippen LogP contribution in [0, 0.1) is 12.3 Å². The zero-order chi connectivity index (χ0) is 30.8. The van der Waals surface area contributed by atoms with Gasteiger partial charge in [0.25, 0.3) is 0 Å². The molecule has 2 aromatic rings. The van der Waals surface area contributed by atoms with Crippen LogP contribution in [0.2, 0.25) is 0 Å². The lowest BCUT2D eigenvalue weighted by Gasteiger charge is -2.45. The van der Waals surface area contributed by atoms with Crippen LogP contribution in [0.1, 0.15) is 107 Å². The quantitative estimate of drug-likeness (QED) is 0.285. The van der Waals surface area contributed by atoms with Crippen molar-refractivity contribution in [3.05, 3.63) is 52.2 Å². The number of aromatic amines is 1. The predicted molar refractivity (Wildman–Crippen MR) is 173 cm³/mol. The molecule has 3 saturated heterocycles. The van der Waals surface area contributed by atoms with Crippen LogP contribution in [0.15, 0.2) is 24.3 Å². The molecule has 43 heavy (non-hydrogen) atoms.